The standard InChI is InChI=1S/C11H15Cl2N3O3S/c1-6(2)10(11(14)15-17)16-20(18,19)9-5-7(12)3-4-8(9)13/h3-6,10,16-17H,1-2H3,(H2,14,15). The van der Waals surface area contributed by atoms with E-state index in [1.807, 2.05) is 0 Å². The fraction of sp³-hybridized carbons (Fsp3) is 0.364. The van der Waals surface area contributed by atoms with E-state index in [4.69, 9.17) is 34.1 Å². The number of halogens is 2. The minimum atomic E-state index is -3.95. The molecule has 1 rings (SSSR count). The van der Waals surface area contributed by atoms with Gasteiger partial charge in [0.05, 0.1) is 11.1 Å². The van der Waals surface area contributed by atoms with Crippen molar-refractivity contribution in [2.45, 2.75) is 24.8 Å². The van der Waals surface area contributed by atoms with E-state index in [9.17, 15) is 8.42 Å². The fourth-order valence-electron chi connectivity index (χ4n) is 1.51. The van der Waals surface area contributed by atoms with Gasteiger partial charge in [0.2, 0.25) is 10.0 Å². The highest BCUT2D eigenvalue weighted by atomic mass is 35.5. The zero-order chi connectivity index (χ0) is 15.5. The van der Waals surface area contributed by atoms with Gasteiger partial charge >= 0.3 is 0 Å². The van der Waals surface area contributed by atoms with Gasteiger partial charge in [-0.2, -0.15) is 0 Å². The van der Waals surface area contributed by atoms with Gasteiger partial charge in [-0.3, -0.25) is 0 Å². The maximum Gasteiger partial charge on any atom is 0.242 e. The summed E-state index contributed by atoms with van der Waals surface area (Å²) in [5.74, 6) is -0.458. The van der Waals surface area contributed by atoms with Crippen molar-refractivity contribution in [2.24, 2.45) is 16.8 Å². The molecular formula is C11H15Cl2N3O3S. The minimum Gasteiger partial charge on any atom is -0.409 e. The van der Waals surface area contributed by atoms with Crippen molar-refractivity contribution >= 4 is 39.1 Å². The van der Waals surface area contributed by atoms with Gasteiger partial charge in [0, 0.05) is 5.02 Å². The average Bonchev–Trinajstić information content (AvgIpc) is 2.37. The van der Waals surface area contributed by atoms with E-state index in [1.54, 1.807) is 13.8 Å². The second kappa shape index (κ2) is 6.62. The number of oxime groups is 1. The largest absolute Gasteiger partial charge is 0.409 e. The Morgan fingerprint density at radius 3 is 2.50 bits per heavy atom. The summed E-state index contributed by atoms with van der Waals surface area (Å²) in [6, 6.07) is 3.23. The third-order valence-corrected chi connectivity index (χ3v) is 4.72. The topological polar surface area (TPSA) is 105 Å². The molecule has 0 radical (unpaired) electrons. The maximum absolute atomic E-state index is 12.3. The summed E-state index contributed by atoms with van der Waals surface area (Å²) in [7, 11) is -3.95. The van der Waals surface area contributed by atoms with Crippen LogP contribution in [0.5, 0.6) is 0 Å². The van der Waals surface area contributed by atoms with Crippen LogP contribution < -0.4 is 10.5 Å². The van der Waals surface area contributed by atoms with E-state index < -0.39 is 16.1 Å². The Kier molecular flexibility index (Phi) is 5.64. The molecule has 0 aliphatic heterocycles. The number of nitrogens with two attached hydrogens (primary N) is 1. The summed E-state index contributed by atoms with van der Waals surface area (Å²) in [4.78, 5) is -0.164. The number of sulfonamides is 1. The molecule has 0 saturated carbocycles. The van der Waals surface area contributed by atoms with Crippen molar-refractivity contribution < 1.29 is 13.6 Å². The Balaban J connectivity index is 3.20. The van der Waals surface area contributed by atoms with Crippen LogP contribution in [0, 0.1) is 5.92 Å². The highest BCUT2D eigenvalue weighted by Crippen LogP contribution is 2.25. The van der Waals surface area contributed by atoms with E-state index in [0.29, 0.717) is 0 Å². The number of nitrogens with zero attached hydrogens (tertiary/aromatic N) is 1. The second-order valence-corrected chi connectivity index (χ2v) is 6.97. The first kappa shape index (κ1) is 17.0. The molecule has 0 bridgehead atoms. The summed E-state index contributed by atoms with van der Waals surface area (Å²) in [5, 5.41) is 11.8. The highest BCUT2D eigenvalue weighted by Gasteiger charge is 2.27. The van der Waals surface area contributed by atoms with Crippen molar-refractivity contribution in [3.8, 4) is 0 Å². The van der Waals surface area contributed by atoms with Crippen LogP contribution in [0.15, 0.2) is 28.3 Å². The summed E-state index contributed by atoms with van der Waals surface area (Å²) in [5.41, 5.74) is 5.49. The lowest BCUT2D eigenvalue weighted by atomic mass is 10.1. The lowest BCUT2D eigenvalue weighted by molar-refractivity contribution is 0.313. The van der Waals surface area contributed by atoms with Crippen LogP contribution in [0.1, 0.15) is 13.8 Å². The van der Waals surface area contributed by atoms with Crippen LogP contribution in [0.2, 0.25) is 10.0 Å². The smallest absolute Gasteiger partial charge is 0.242 e. The van der Waals surface area contributed by atoms with Crippen molar-refractivity contribution in [1.29, 1.82) is 0 Å². The maximum atomic E-state index is 12.3. The van der Waals surface area contributed by atoms with E-state index in [1.165, 1.54) is 18.2 Å². The van der Waals surface area contributed by atoms with E-state index in [-0.39, 0.29) is 26.7 Å². The van der Waals surface area contributed by atoms with Crippen LogP contribution in [0.3, 0.4) is 0 Å². The molecule has 1 aromatic rings. The van der Waals surface area contributed by atoms with Gasteiger partial charge in [-0.1, -0.05) is 42.2 Å². The predicted octanol–water partition coefficient (Wildman–Crippen LogP) is 2.04. The van der Waals surface area contributed by atoms with Gasteiger partial charge in [0.1, 0.15) is 4.90 Å². The van der Waals surface area contributed by atoms with Gasteiger partial charge in [0.15, 0.2) is 5.84 Å². The van der Waals surface area contributed by atoms with Gasteiger partial charge in [0.25, 0.3) is 0 Å². The van der Waals surface area contributed by atoms with Gasteiger partial charge in [-0.15, -0.1) is 0 Å². The van der Waals surface area contributed by atoms with Crippen molar-refractivity contribution in [3.63, 3.8) is 0 Å². The molecule has 1 atom stereocenters. The number of hydrogen-bond donors (Lipinski definition) is 3. The van der Waals surface area contributed by atoms with Gasteiger partial charge in [-0.05, 0) is 24.1 Å². The number of amidine groups is 1. The summed E-state index contributed by atoms with van der Waals surface area (Å²) in [6.07, 6.45) is 0. The first-order chi connectivity index (χ1) is 9.19. The van der Waals surface area contributed by atoms with Crippen LogP contribution in [-0.2, 0) is 10.0 Å². The molecule has 1 unspecified atom stereocenters. The molecule has 0 spiro atoms. The van der Waals surface area contributed by atoms with E-state index >= 15 is 0 Å². The van der Waals surface area contributed by atoms with Crippen molar-refractivity contribution in [2.75, 3.05) is 0 Å². The Morgan fingerprint density at radius 1 is 1.40 bits per heavy atom. The third kappa shape index (κ3) is 3.99. The Morgan fingerprint density at radius 2 is 2.00 bits per heavy atom. The van der Waals surface area contributed by atoms with Crippen LogP contribution in [0.4, 0.5) is 0 Å². The molecule has 0 fully saturated rings. The number of benzene rings is 1. The molecule has 0 aromatic heterocycles. The predicted molar refractivity (Wildman–Crippen MR) is 78.8 cm³/mol. The average molecular weight is 340 g/mol. The van der Waals surface area contributed by atoms with Crippen molar-refractivity contribution in [1.82, 2.24) is 4.72 Å². The molecule has 4 N–H and O–H groups in total. The van der Waals surface area contributed by atoms with Gasteiger partial charge in [-0.25, -0.2) is 13.1 Å². The number of rotatable bonds is 5. The molecule has 112 valence electrons. The SMILES string of the molecule is CC(C)C(NS(=O)(=O)c1cc(Cl)ccc1Cl)C(N)=NO. The van der Waals surface area contributed by atoms with E-state index in [2.05, 4.69) is 9.88 Å². The summed E-state index contributed by atoms with van der Waals surface area (Å²) >= 11 is 11.6. The molecule has 0 aliphatic rings. The minimum absolute atomic E-state index is 0.0314. The zero-order valence-corrected chi connectivity index (χ0v) is 13.2. The quantitative estimate of drug-likeness (QED) is 0.330. The van der Waals surface area contributed by atoms with Crippen LogP contribution in [-0.4, -0.2) is 25.5 Å². The lowest BCUT2D eigenvalue weighted by Gasteiger charge is -2.21. The normalized spacial score (nSPS) is 14.6. The molecule has 9 heteroatoms. The lowest BCUT2D eigenvalue weighted by Crippen LogP contribution is -2.47. The monoisotopic (exact) mass is 339 g/mol. The zero-order valence-electron chi connectivity index (χ0n) is 10.8. The Hall–Kier alpha value is -1.02. The summed E-state index contributed by atoms with van der Waals surface area (Å²) in [6.45, 7) is 3.45. The first-order valence-corrected chi connectivity index (χ1v) is 7.87. The molecule has 0 amide bonds. The molecule has 0 heterocycles. The molecular weight excluding hydrogens is 325 g/mol. The Labute approximate surface area is 127 Å². The number of hydrogen-bond acceptors (Lipinski definition) is 4. The highest BCUT2D eigenvalue weighted by molar-refractivity contribution is 7.89. The second-order valence-electron chi connectivity index (χ2n) is 4.44. The van der Waals surface area contributed by atoms with Gasteiger partial charge < -0.3 is 10.9 Å². The van der Waals surface area contributed by atoms with Crippen molar-refractivity contribution in [3.05, 3.63) is 28.2 Å². The third-order valence-electron chi connectivity index (χ3n) is 2.57. The molecule has 1 aromatic carbocycles. The first-order valence-electron chi connectivity index (χ1n) is 5.64. The molecule has 20 heavy (non-hydrogen) atoms. The molecule has 6 nitrogen and oxygen atoms in total. The summed E-state index contributed by atoms with van der Waals surface area (Å²) < 4.78 is 26.9. The fourth-order valence-corrected chi connectivity index (χ4v) is 3.63. The Bertz CT molecular complexity index is 617. The number of nitrogens with one attached hydrogen (secondary N) is 1. The van der Waals surface area contributed by atoms with E-state index in [0.717, 1.165) is 0 Å². The molecule has 0 aliphatic carbocycles. The molecule has 0 saturated heterocycles. The van der Waals surface area contributed by atoms with Crippen LogP contribution in [0.25, 0.3) is 0 Å². The van der Waals surface area contributed by atoms with Crippen LogP contribution >= 0.6 is 23.2 Å².